The molecule has 0 aliphatic carbocycles. The minimum absolute atomic E-state index is 0.706. The van der Waals surface area contributed by atoms with Crippen LogP contribution < -0.4 is 5.32 Å². The maximum atomic E-state index is 6.17. The molecule has 0 atom stereocenters. The molecule has 0 radical (unpaired) electrons. The summed E-state index contributed by atoms with van der Waals surface area (Å²) in [6.45, 7) is 8.51. The summed E-state index contributed by atoms with van der Waals surface area (Å²) in [5, 5.41) is 4.84. The maximum Gasteiger partial charge on any atom is 0.173 e. The van der Waals surface area contributed by atoms with Crippen LogP contribution in [-0.4, -0.2) is 54.3 Å². The molecule has 2 aromatic rings. The molecule has 1 N–H and O–H groups in total. The number of hydrogen-bond acceptors (Lipinski definition) is 3. The van der Waals surface area contributed by atoms with E-state index in [9.17, 15) is 0 Å². The molecule has 1 fully saturated rings. The van der Waals surface area contributed by atoms with Crippen molar-refractivity contribution in [2.24, 2.45) is 0 Å². The second-order valence-electron chi connectivity index (χ2n) is 7.10. The van der Waals surface area contributed by atoms with E-state index in [4.69, 9.17) is 28.6 Å². The Balaban J connectivity index is 1.63. The van der Waals surface area contributed by atoms with Crippen LogP contribution in [0.3, 0.4) is 0 Å². The van der Waals surface area contributed by atoms with Crippen LogP contribution in [0.5, 0.6) is 0 Å². The molecule has 0 saturated carbocycles. The minimum Gasteiger partial charge on any atom is -0.379 e. The van der Waals surface area contributed by atoms with E-state index in [0.29, 0.717) is 5.02 Å². The predicted molar refractivity (Wildman–Crippen MR) is 121 cm³/mol. The van der Waals surface area contributed by atoms with Crippen molar-refractivity contribution < 1.29 is 4.74 Å². The van der Waals surface area contributed by atoms with Crippen LogP contribution in [0.4, 0.5) is 5.69 Å². The quantitative estimate of drug-likeness (QED) is 0.666. The number of hydrogen-bond donors (Lipinski definition) is 1. The van der Waals surface area contributed by atoms with E-state index in [-0.39, 0.29) is 0 Å². The number of halogens is 1. The van der Waals surface area contributed by atoms with Crippen LogP contribution in [0.15, 0.2) is 48.5 Å². The van der Waals surface area contributed by atoms with Gasteiger partial charge in [0.15, 0.2) is 5.11 Å². The Kier molecular flexibility index (Phi) is 8.10. The maximum absolute atomic E-state index is 6.17. The minimum atomic E-state index is 0.706. The van der Waals surface area contributed by atoms with Gasteiger partial charge in [0.25, 0.3) is 0 Å². The van der Waals surface area contributed by atoms with Crippen molar-refractivity contribution in [1.82, 2.24) is 9.80 Å². The summed E-state index contributed by atoms with van der Waals surface area (Å²) in [7, 11) is 0. The first-order valence-corrected chi connectivity index (χ1v) is 10.6. The molecular weight excluding hydrogens is 390 g/mol. The number of anilines is 1. The summed E-state index contributed by atoms with van der Waals surface area (Å²) in [6.07, 6.45) is 1.06. The lowest BCUT2D eigenvalue weighted by molar-refractivity contribution is 0.0368. The van der Waals surface area contributed by atoms with Gasteiger partial charge in [0.2, 0.25) is 0 Å². The average Bonchev–Trinajstić information content (AvgIpc) is 2.71. The zero-order chi connectivity index (χ0) is 19.8. The van der Waals surface area contributed by atoms with Crippen molar-refractivity contribution in [2.75, 3.05) is 44.7 Å². The van der Waals surface area contributed by atoms with Crippen molar-refractivity contribution in [3.8, 4) is 0 Å². The van der Waals surface area contributed by atoms with Crippen LogP contribution in [0, 0.1) is 6.92 Å². The first-order valence-electron chi connectivity index (χ1n) is 9.78. The molecule has 1 heterocycles. The number of benzene rings is 2. The lowest BCUT2D eigenvalue weighted by atomic mass is 10.2. The van der Waals surface area contributed by atoms with Crippen molar-refractivity contribution in [3.63, 3.8) is 0 Å². The van der Waals surface area contributed by atoms with Gasteiger partial charge in [-0.2, -0.15) is 0 Å². The molecule has 0 unspecified atom stereocenters. The zero-order valence-electron chi connectivity index (χ0n) is 16.4. The number of ether oxygens (including phenoxy) is 1. The second kappa shape index (κ2) is 10.8. The smallest absolute Gasteiger partial charge is 0.173 e. The summed E-state index contributed by atoms with van der Waals surface area (Å²) in [4.78, 5) is 4.70. The molecule has 3 rings (SSSR count). The van der Waals surface area contributed by atoms with Gasteiger partial charge < -0.3 is 15.0 Å². The van der Waals surface area contributed by atoms with E-state index >= 15 is 0 Å². The highest BCUT2D eigenvalue weighted by atomic mass is 35.5. The van der Waals surface area contributed by atoms with Crippen LogP contribution in [-0.2, 0) is 11.3 Å². The fraction of sp³-hybridized carbons (Fsp3) is 0.409. The molecule has 4 nitrogen and oxygen atoms in total. The molecule has 1 aliphatic heterocycles. The van der Waals surface area contributed by atoms with Crippen LogP contribution in [0.1, 0.15) is 17.5 Å². The Labute approximate surface area is 178 Å². The highest BCUT2D eigenvalue weighted by molar-refractivity contribution is 7.80. The Morgan fingerprint density at radius 2 is 1.93 bits per heavy atom. The number of morpholine rings is 1. The summed E-state index contributed by atoms with van der Waals surface area (Å²) < 4.78 is 5.44. The van der Waals surface area contributed by atoms with Gasteiger partial charge >= 0.3 is 0 Å². The van der Waals surface area contributed by atoms with E-state index in [1.165, 1.54) is 5.56 Å². The second-order valence-corrected chi connectivity index (χ2v) is 7.93. The van der Waals surface area contributed by atoms with Gasteiger partial charge in [0.1, 0.15) is 0 Å². The summed E-state index contributed by atoms with van der Waals surface area (Å²) >= 11 is 11.9. The number of aryl methyl sites for hydroxylation is 1. The highest BCUT2D eigenvalue weighted by Crippen LogP contribution is 2.21. The molecule has 6 heteroatoms. The fourth-order valence-corrected chi connectivity index (χ4v) is 3.73. The summed E-state index contributed by atoms with van der Waals surface area (Å²) in [6, 6.07) is 16.3. The molecular formula is C22H28ClN3OS. The van der Waals surface area contributed by atoms with Crippen LogP contribution in [0.2, 0.25) is 5.02 Å². The predicted octanol–water partition coefficient (Wildman–Crippen LogP) is 4.57. The van der Waals surface area contributed by atoms with Crippen molar-refractivity contribution in [1.29, 1.82) is 0 Å². The van der Waals surface area contributed by atoms with Gasteiger partial charge in [-0.05, 0) is 48.8 Å². The summed E-state index contributed by atoms with van der Waals surface area (Å²) in [5.74, 6) is 0. The number of thiocarbonyl (C=S) groups is 1. The van der Waals surface area contributed by atoms with E-state index in [2.05, 4.69) is 46.3 Å². The molecule has 1 aliphatic rings. The van der Waals surface area contributed by atoms with Crippen LogP contribution >= 0.6 is 23.8 Å². The fourth-order valence-electron chi connectivity index (χ4n) is 3.29. The Hall–Kier alpha value is -1.66. The summed E-state index contributed by atoms with van der Waals surface area (Å²) in [5.41, 5.74) is 3.34. The van der Waals surface area contributed by atoms with Gasteiger partial charge in [0, 0.05) is 43.4 Å². The third-order valence-electron chi connectivity index (χ3n) is 4.95. The van der Waals surface area contributed by atoms with Gasteiger partial charge in [-0.25, -0.2) is 0 Å². The molecule has 0 aromatic heterocycles. The number of rotatable bonds is 7. The van der Waals surface area contributed by atoms with E-state index < -0.39 is 0 Å². The first-order chi connectivity index (χ1) is 13.6. The molecule has 2 aromatic carbocycles. The van der Waals surface area contributed by atoms with E-state index in [1.807, 2.05) is 24.3 Å². The lowest BCUT2D eigenvalue weighted by Crippen LogP contribution is -2.40. The number of nitrogens with one attached hydrogen (secondary N) is 1. The number of nitrogens with zero attached hydrogens (tertiary/aromatic N) is 2. The largest absolute Gasteiger partial charge is 0.379 e. The topological polar surface area (TPSA) is 27.7 Å². The molecule has 0 amide bonds. The monoisotopic (exact) mass is 417 g/mol. The molecule has 0 bridgehead atoms. The van der Waals surface area contributed by atoms with Gasteiger partial charge in [0.05, 0.1) is 13.2 Å². The standard InChI is InChI=1S/C22H28ClN3OS/c1-18-8-9-20(23)16-21(18)24-22(28)26(17-19-6-3-2-4-7-19)11-5-10-25-12-14-27-15-13-25/h2-4,6-9,16H,5,10-15,17H2,1H3,(H,24,28). The molecule has 150 valence electrons. The Morgan fingerprint density at radius 3 is 2.68 bits per heavy atom. The SMILES string of the molecule is Cc1ccc(Cl)cc1NC(=S)N(CCCN1CCOCC1)Cc1ccccc1. The highest BCUT2D eigenvalue weighted by Gasteiger charge is 2.14. The third-order valence-corrected chi connectivity index (χ3v) is 5.55. The van der Waals surface area contributed by atoms with E-state index in [0.717, 1.165) is 68.7 Å². The van der Waals surface area contributed by atoms with E-state index in [1.54, 1.807) is 0 Å². The van der Waals surface area contributed by atoms with Gasteiger partial charge in [-0.3, -0.25) is 4.90 Å². The Morgan fingerprint density at radius 1 is 1.18 bits per heavy atom. The third kappa shape index (κ3) is 6.45. The molecule has 0 spiro atoms. The average molecular weight is 418 g/mol. The molecule has 28 heavy (non-hydrogen) atoms. The van der Waals surface area contributed by atoms with Crippen molar-refractivity contribution in [3.05, 3.63) is 64.7 Å². The van der Waals surface area contributed by atoms with Crippen molar-refractivity contribution in [2.45, 2.75) is 19.9 Å². The zero-order valence-corrected chi connectivity index (χ0v) is 17.9. The lowest BCUT2D eigenvalue weighted by Gasteiger charge is -2.30. The Bertz CT molecular complexity index is 766. The molecule has 1 saturated heterocycles. The first kappa shape index (κ1) is 21.1. The van der Waals surface area contributed by atoms with Crippen LogP contribution in [0.25, 0.3) is 0 Å². The van der Waals surface area contributed by atoms with Gasteiger partial charge in [-0.15, -0.1) is 0 Å². The van der Waals surface area contributed by atoms with Gasteiger partial charge in [-0.1, -0.05) is 48.0 Å². The van der Waals surface area contributed by atoms with Crippen molar-refractivity contribution >= 4 is 34.6 Å². The normalized spacial score (nSPS) is 14.6.